The van der Waals surface area contributed by atoms with E-state index in [1.807, 2.05) is 0 Å². The van der Waals surface area contributed by atoms with E-state index in [2.05, 4.69) is 15.0 Å². The van der Waals surface area contributed by atoms with Crippen molar-refractivity contribution in [3.63, 3.8) is 0 Å². The van der Waals surface area contributed by atoms with Gasteiger partial charge in [-0.25, -0.2) is 9.78 Å². The van der Waals surface area contributed by atoms with Crippen molar-refractivity contribution in [1.29, 1.82) is 0 Å². The highest BCUT2D eigenvalue weighted by atomic mass is 32.1. The first kappa shape index (κ1) is 16.1. The molecule has 2 rings (SSSR count). The summed E-state index contributed by atoms with van der Waals surface area (Å²) in [7, 11) is 1.47. The van der Waals surface area contributed by atoms with E-state index in [4.69, 9.17) is 0 Å². The van der Waals surface area contributed by atoms with Crippen LogP contribution in [-0.4, -0.2) is 29.3 Å². The average Bonchev–Trinajstić information content (AvgIpc) is 2.92. The largest absolute Gasteiger partial charge is 0.573 e. The Morgan fingerprint density at radius 3 is 2.77 bits per heavy atom. The summed E-state index contributed by atoms with van der Waals surface area (Å²) in [6.07, 6.45) is -3.25. The van der Waals surface area contributed by atoms with Crippen LogP contribution in [0.1, 0.15) is 5.56 Å². The van der Waals surface area contributed by atoms with Crippen LogP contribution >= 0.6 is 11.3 Å². The molecule has 0 aliphatic rings. The Hall–Kier alpha value is -2.29. The third kappa shape index (κ3) is 4.62. The Morgan fingerprint density at radius 2 is 2.14 bits per heavy atom. The number of alkyl halides is 3. The van der Waals surface area contributed by atoms with E-state index < -0.39 is 12.4 Å². The highest BCUT2D eigenvalue weighted by Crippen LogP contribution is 2.27. The van der Waals surface area contributed by atoms with Crippen LogP contribution in [0.5, 0.6) is 5.75 Å². The van der Waals surface area contributed by atoms with E-state index in [1.165, 1.54) is 47.7 Å². The van der Waals surface area contributed by atoms with Gasteiger partial charge in [-0.3, -0.25) is 5.32 Å². The maximum atomic E-state index is 12.3. The number of thiazole rings is 1. The van der Waals surface area contributed by atoms with Gasteiger partial charge in [-0.15, -0.1) is 24.5 Å². The molecule has 0 spiro atoms. The number of amides is 2. The van der Waals surface area contributed by atoms with E-state index in [0.717, 1.165) is 0 Å². The van der Waals surface area contributed by atoms with Gasteiger partial charge in [0.15, 0.2) is 5.13 Å². The van der Waals surface area contributed by atoms with Gasteiger partial charge >= 0.3 is 12.4 Å². The Bertz CT molecular complexity index is 632. The number of ether oxygens (including phenoxy) is 1. The zero-order valence-corrected chi connectivity index (χ0v) is 12.2. The summed E-state index contributed by atoms with van der Waals surface area (Å²) in [5.41, 5.74) is 0.247. The highest BCUT2D eigenvalue weighted by molar-refractivity contribution is 7.13. The van der Waals surface area contributed by atoms with Gasteiger partial charge in [-0.05, 0) is 6.07 Å². The smallest absolute Gasteiger partial charge is 0.405 e. The second kappa shape index (κ2) is 6.65. The maximum Gasteiger partial charge on any atom is 0.573 e. The number of rotatable bonds is 4. The number of halogens is 3. The molecule has 5 nitrogen and oxygen atoms in total. The molecule has 118 valence electrons. The minimum absolute atomic E-state index is 0.0382. The van der Waals surface area contributed by atoms with Crippen LogP contribution in [-0.2, 0) is 6.54 Å². The number of anilines is 1. The fourth-order valence-corrected chi connectivity index (χ4v) is 2.18. The van der Waals surface area contributed by atoms with Crippen LogP contribution in [0.2, 0.25) is 0 Å². The van der Waals surface area contributed by atoms with Crippen molar-refractivity contribution in [1.82, 2.24) is 9.88 Å². The van der Waals surface area contributed by atoms with Crippen LogP contribution in [0.25, 0.3) is 0 Å². The van der Waals surface area contributed by atoms with Crippen LogP contribution in [0.3, 0.4) is 0 Å². The predicted molar refractivity (Wildman–Crippen MR) is 75.7 cm³/mol. The van der Waals surface area contributed by atoms with Gasteiger partial charge in [0.25, 0.3) is 0 Å². The van der Waals surface area contributed by atoms with E-state index in [0.29, 0.717) is 5.13 Å². The van der Waals surface area contributed by atoms with Crippen LogP contribution in [0.4, 0.5) is 23.1 Å². The van der Waals surface area contributed by atoms with Gasteiger partial charge < -0.3 is 9.64 Å². The molecule has 0 radical (unpaired) electrons. The molecule has 1 aromatic carbocycles. The van der Waals surface area contributed by atoms with Gasteiger partial charge in [0.05, 0.1) is 6.54 Å². The Morgan fingerprint density at radius 1 is 1.41 bits per heavy atom. The lowest BCUT2D eigenvalue weighted by molar-refractivity contribution is -0.274. The second-order valence-corrected chi connectivity index (χ2v) is 5.17. The number of carbonyl (C=O) groups is 1. The van der Waals surface area contributed by atoms with Crippen LogP contribution in [0.15, 0.2) is 35.8 Å². The monoisotopic (exact) mass is 331 g/mol. The summed E-state index contributed by atoms with van der Waals surface area (Å²) in [5.74, 6) is -0.330. The number of hydrogen-bond acceptors (Lipinski definition) is 4. The summed E-state index contributed by atoms with van der Waals surface area (Å²) in [6, 6.07) is 5.20. The van der Waals surface area contributed by atoms with Crippen molar-refractivity contribution >= 4 is 22.5 Å². The molecule has 0 fully saturated rings. The summed E-state index contributed by atoms with van der Waals surface area (Å²) in [6.45, 7) is -0.0382. The second-order valence-electron chi connectivity index (χ2n) is 4.28. The molecule has 1 aromatic heterocycles. The van der Waals surface area contributed by atoms with Crippen LogP contribution < -0.4 is 10.1 Å². The van der Waals surface area contributed by atoms with Crippen molar-refractivity contribution in [3.8, 4) is 5.75 Å². The molecule has 0 atom stereocenters. The van der Waals surface area contributed by atoms with Gasteiger partial charge in [-0.1, -0.05) is 18.2 Å². The molecule has 0 aliphatic heterocycles. The van der Waals surface area contributed by atoms with Gasteiger partial charge in [0.1, 0.15) is 5.75 Å². The number of nitrogens with one attached hydrogen (secondary N) is 1. The minimum atomic E-state index is -4.78. The van der Waals surface area contributed by atoms with E-state index in [-0.39, 0.29) is 17.9 Å². The first-order valence-electron chi connectivity index (χ1n) is 6.10. The first-order chi connectivity index (χ1) is 10.3. The maximum absolute atomic E-state index is 12.3. The standard InChI is InChI=1S/C13H12F3N3O2S/c1-19(12(20)18-11-17-6-7-22-11)8-9-4-2-3-5-10(9)21-13(14,15)16/h2-7H,8H2,1H3,(H,17,18,20). The summed E-state index contributed by atoms with van der Waals surface area (Å²) >= 11 is 1.24. The van der Waals surface area contributed by atoms with Crippen molar-refractivity contribution in [2.45, 2.75) is 12.9 Å². The number of hydrogen-bond donors (Lipinski definition) is 1. The van der Waals surface area contributed by atoms with Gasteiger partial charge in [-0.2, -0.15) is 0 Å². The average molecular weight is 331 g/mol. The third-order valence-corrected chi connectivity index (χ3v) is 3.29. The quantitative estimate of drug-likeness (QED) is 0.929. The lowest BCUT2D eigenvalue weighted by Gasteiger charge is -2.19. The molecular formula is C13H12F3N3O2S. The Kier molecular flexibility index (Phi) is 4.86. The first-order valence-corrected chi connectivity index (χ1v) is 6.98. The van der Waals surface area contributed by atoms with Crippen molar-refractivity contribution < 1.29 is 22.7 Å². The highest BCUT2D eigenvalue weighted by Gasteiger charge is 2.32. The molecule has 2 amide bonds. The molecule has 0 saturated heterocycles. The lowest BCUT2D eigenvalue weighted by atomic mass is 10.2. The minimum Gasteiger partial charge on any atom is -0.405 e. The SMILES string of the molecule is CN(Cc1ccccc1OC(F)(F)F)C(=O)Nc1nccs1. The Balaban J connectivity index is 2.05. The summed E-state index contributed by atoms with van der Waals surface area (Å²) in [4.78, 5) is 17.1. The molecule has 0 bridgehead atoms. The molecule has 0 unspecified atom stereocenters. The molecule has 22 heavy (non-hydrogen) atoms. The summed E-state index contributed by atoms with van der Waals surface area (Å²) in [5, 5.41) is 4.65. The normalized spacial score (nSPS) is 11.1. The molecule has 1 heterocycles. The molecule has 2 aromatic rings. The number of urea groups is 1. The van der Waals surface area contributed by atoms with E-state index >= 15 is 0 Å². The fourth-order valence-electron chi connectivity index (χ4n) is 1.66. The van der Waals surface area contributed by atoms with Crippen molar-refractivity contribution in [2.24, 2.45) is 0 Å². The van der Waals surface area contributed by atoms with E-state index in [1.54, 1.807) is 11.4 Å². The summed E-state index contributed by atoms with van der Waals surface area (Å²) < 4.78 is 41.0. The number of benzene rings is 1. The Labute approximate surface area is 128 Å². The van der Waals surface area contributed by atoms with Gasteiger partial charge in [0, 0.05) is 24.2 Å². The molecule has 9 heteroatoms. The lowest BCUT2D eigenvalue weighted by Crippen LogP contribution is -2.31. The van der Waals surface area contributed by atoms with Gasteiger partial charge in [0.2, 0.25) is 0 Å². The molecule has 1 N–H and O–H groups in total. The molecule has 0 aliphatic carbocycles. The number of para-hydroxylation sites is 1. The topological polar surface area (TPSA) is 54.5 Å². The third-order valence-electron chi connectivity index (χ3n) is 2.60. The number of aromatic nitrogens is 1. The molecule has 0 saturated carbocycles. The molecular weight excluding hydrogens is 319 g/mol. The van der Waals surface area contributed by atoms with Crippen molar-refractivity contribution in [3.05, 3.63) is 41.4 Å². The number of carbonyl (C=O) groups excluding carboxylic acids is 1. The van der Waals surface area contributed by atoms with Crippen LogP contribution in [0, 0.1) is 0 Å². The van der Waals surface area contributed by atoms with Crippen molar-refractivity contribution in [2.75, 3.05) is 12.4 Å². The zero-order chi connectivity index (χ0) is 16.2. The predicted octanol–water partition coefficient (Wildman–Crippen LogP) is 3.71. The number of nitrogens with zero attached hydrogens (tertiary/aromatic N) is 2. The fraction of sp³-hybridized carbons (Fsp3) is 0.231. The van der Waals surface area contributed by atoms with E-state index in [9.17, 15) is 18.0 Å². The zero-order valence-electron chi connectivity index (χ0n) is 11.4.